The zero-order chi connectivity index (χ0) is 14.2. The van der Waals surface area contributed by atoms with E-state index < -0.39 is 5.54 Å². The SMILES string of the molecule is Cc1c(N)cccc1CN1CC(=O)NC(=O)C1(C)C. The lowest BCUT2D eigenvalue weighted by atomic mass is 9.96. The van der Waals surface area contributed by atoms with Gasteiger partial charge in [-0.15, -0.1) is 0 Å². The van der Waals surface area contributed by atoms with Crippen LogP contribution < -0.4 is 11.1 Å². The Morgan fingerprint density at radius 3 is 2.74 bits per heavy atom. The van der Waals surface area contributed by atoms with Crippen molar-refractivity contribution in [2.24, 2.45) is 0 Å². The highest BCUT2D eigenvalue weighted by molar-refractivity contribution is 6.02. The number of hydrogen-bond donors (Lipinski definition) is 2. The van der Waals surface area contributed by atoms with Gasteiger partial charge in [0.1, 0.15) is 0 Å². The minimum atomic E-state index is -0.703. The van der Waals surface area contributed by atoms with Crippen molar-refractivity contribution >= 4 is 17.5 Å². The third kappa shape index (κ3) is 2.46. The van der Waals surface area contributed by atoms with Gasteiger partial charge >= 0.3 is 0 Å². The van der Waals surface area contributed by atoms with Gasteiger partial charge in [-0.25, -0.2) is 0 Å². The first kappa shape index (κ1) is 13.5. The van der Waals surface area contributed by atoms with Crippen LogP contribution in [0.3, 0.4) is 0 Å². The number of hydrogen-bond acceptors (Lipinski definition) is 4. The van der Waals surface area contributed by atoms with Gasteiger partial charge in [-0.05, 0) is 38.0 Å². The lowest BCUT2D eigenvalue weighted by molar-refractivity contribution is -0.145. The molecule has 5 heteroatoms. The second-order valence-electron chi connectivity index (χ2n) is 5.42. The predicted molar refractivity (Wildman–Crippen MR) is 73.2 cm³/mol. The van der Waals surface area contributed by atoms with E-state index in [1.165, 1.54) is 0 Å². The highest BCUT2D eigenvalue weighted by atomic mass is 16.2. The van der Waals surface area contributed by atoms with Crippen LogP contribution in [0.5, 0.6) is 0 Å². The van der Waals surface area contributed by atoms with E-state index >= 15 is 0 Å². The molecule has 0 spiro atoms. The molecule has 1 heterocycles. The van der Waals surface area contributed by atoms with E-state index in [2.05, 4.69) is 5.32 Å². The summed E-state index contributed by atoms with van der Waals surface area (Å²) in [7, 11) is 0. The van der Waals surface area contributed by atoms with Crippen molar-refractivity contribution in [3.05, 3.63) is 29.3 Å². The van der Waals surface area contributed by atoms with Gasteiger partial charge in [0.05, 0.1) is 12.1 Å². The number of nitrogens with two attached hydrogens (primary N) is 1. The maximum Gasteiger partial charge on any atom is 0.246 e. The second kappa shape index (κ2) is 4.66. The van der Waals surface area contributed by atoms with Crippen LogP contribution in [0.4, 0.5) is 5.69 Å². The predicted octanol–water partition coefficient (Wildman–Crippen LogP) is 0.814. The number of anilines is 1. The Morgan fingerprint density at radius 2 is 2.05 bits per heavy atom. The largest absolute Gasteiger partial charge is 0.399 e. The molecule has 2 rings (SSSR count). The average molecular weight is 261 g/mol. The minimum absolute atomic E-state index is 0.215. The quantitative estimate of drug-likeness (QED) is 0.610. The Kier molecular flexibility index (Phi) is 3.32. The fourth-order valence-electron chi connectivity index (χ4n) is 2.17. The molecule has 5 nitrogen and oxygen atoms in total. The molecule has 1 fully saturated rings. The zero-order valence-electron chi connectivity index (χ0n) is 11.5. The molecule has 3 N–H and O–H groups in total. The number of carbonyl (C=O) groups is 2. The Hall–Kier alpha value is -1.88. The summed E-state index contributed by atoms with van der Waals surface area (Å²) in [6.07, 6.45) is 0. The molecule has 102 valence electrons. The van der Waals surface area contributed by atoms with E-state index in [4.69, 9.17) is 5.73 Å². The Morgan fingerprint density at radius 1 is 1.37 bits per heavy atom. The highest BCUT2D eigenvalue weighted by Crippen LogP contribution is 2.24. The lowest BCUT2D eigenvalue weighted by Crippen LogP contribution is -2.63. The normalized spacial score (nSPS) is 19.3. The molecule has 1 saturated heterocycles. The molecule has 0 saturated carbocycles. The summed E-state index contributed by atoms with van der Waals surface area (Å²) < 4.78 is 0. The summed E-state index contributed by atoms with van der Waals surface area (Å²) in [5.74, 6) is -0.517. The van der Waals surface area contributed by atoms with Crippen molar-refractivity contribution in [3.63, 3.8) is 0 Å². The van der Waals surface area contributed by atoms with Crippen LogP contribution in [0.15, 0.2) is 18.2 Å². The maximum atomic E-state index is 11.9. The molecule has 19 heavy (non-hydrogen) atoms. The topological polar surface area (TPSA) is 75.4 Å². The molecular formula is C14H19N3O2. The first-order chi connectivity index (χ1) is 8.82. The van der Waals surface area contributed by atoms with Crippen molar-refractivity contribution in [3.8, 4) is 0 Å². The van der Waals surface area contributed by atoms with E-state index in [0.717, 1.165) is 16.8 Å². The Balaban J connectivity index is 2.28. The van der Waals surface area contributed by atoms with E-state index in [1.807, 2.05) is 43.9 Å². The van der Waals surface area contributed by atoms with E-state index in [9.17, 15) is 9.59 Å². The van der Waals surface area contributed by atoms with Crippen molar-refractivity contribution in [1.29, 1.82) is 0 Å². The molecule has 0 aromatic heterocycles. The molecule has 1 aromatic carbocycles. The van der Waals surface area contributed by atoms with Gasteiger partial charge in [0.2, 0.25) is 11.8 Å². The van der Waals surface area contributed by atoms with Crippen LogP contribution in [0, 0.1) is 6.92 Å². The van der Waals surface area contributed by atoms with Gasteiger partial charge in [-0.2, -0.15) is 0 Å². The first-order valence-corrected chi connectivity index (χ1v) is 6.25. The number of benzene rings is 1. The molecule has 1 aliphatic rings. The van der Waals surface area contributed by atoms with Gasteiger partial charge in [0, 0.05) is 12.2 Å². The van der Waals surface area contributed by atoms with Crippen LogP contribution >= 0.6 is 0 Å². The Bertz CT molecular complexity index is 537. The molecule has 0 aliphatic carbocycles. The monoisotopic (exact) mass is 261 g/mol. The van der Waals surface area contributed by atoms with E-state index in [-0.39, 0.29) is 18.4 Å². The first-order valence-electron chi connectivity index (χ1n) is 6.25. The number of piperazine rings is 1. The Labute approximate surface area is 112 Å². The number of nitrogens with one attached hydrogen (secondary N) is 1. The molecule has 1 aromatic rings. The average Bonchev–Trinajstić information content (AvgIpc) is 2.32. The summed E-state index contributed by atoms with van der Waals surface area (Å²) in [6.45, 7) is 6.33. The zero-order valence-corrected chi connectivity index (χ0v) is 11.5. The second-order valence-corrected chi connectivity index (χ2v) is 5.42. The number of imide groups is 1. The van der Waals surface area contributed by atoms with Crippen LogP contribution in [-0.2, 0) is 16.1 Å². The van der Waals surface area contributed by atoms with Gasteiger partial charge in [0.25, 0.3) is 0 Å². The highest BCUT2D eigenvalue weighted by Gasteiger charge is 2.40. The van der Waals surface area contributed by atoms with Gasteiger partial charge in [-0.3, -0.25) is 19.8 Å². The van der Waals surface area contributed by atoms with Crippen molar-refractivity contribution in [1.82, 2.24) is 10.2 Å². The van der Waals surface area contributed by atoms with Crippen LogP contribution in [0.2, 0.25) is 0 Å². The third-order valence-corrected chi connectivity index (χ3v) is 3.78. The smallest absolute Gasteiger partial charge is 0.246 e. The molecule has 0 bridgehead atoms. The molecular weight excluding hydrogens is 242 g/mol. The number of rotatable bonds is 2. The van der Waals surface area contributed by atoms with E-state index in [0.29, 0.717) is 6.54 Å². The summed E-state index contributed by atoms with van der Waals surface area (Å²) in [6, 6.07) is 5.70. The molecule has 1 aliphatic heterocycles. The summed E-state index contributed by atoms with van der Waals surface area (Å²) in [4.78, 5) is 25.3. The van der Waals surface area contributed by atoms with Crippen molar-refractivity contribution < 1.29 is 9.59 Å². The van der Waals surface area contributed by atoms with Gasteiger partial charge in [0.15, 0.2) is 0 Å². The number of amides is 2. The summed E-state index contributed by atoms with van der Waals surface area (Å²) >= 11 is 0. The molecule has 2 amide bonds. The minimum Gasteiger partial charge on any atom is -0.399 e. The van der Waals surface area contributed by atoms with Gasteiger partial charge in [-0.1, -0.05) is 12.1 Å². The molecule has 0 atom stereocenters. The fraction of sp³-hybridized carbons (Fsp3) is 0.429. The van der Waals surface area contributed by atoms with Crippen LogP contribution in [0.1, 0.15) is 25.0 Å². The van der Waals surface area contributed by atoms with Crippen molar-refractivity contribution in [2.45, 2.75) is 32.9 Å². The summed E-state index contributed by atoms with van der Waals surface area (Å²) in [5.41, 5.74) is 7.94. The van der Waals surface area contributed by atoms with Crippen LogP contribution in [0.25, 0.3) is 0 Å². The van der Waals surface area contributed by atoms with Crippen molar-refractivity contribution in [2.75, 3.05) is 12.3 Å². The number of nitrogen functional groups attached to an aromatic ring is 1. The third-order valence-electron chi connectivity index (χ3n) is 3.78. The fourth-order valence-corrected chi connectivity index (χ4v) is 2.17. The maximum absolute atomic E-state index is 11.9. The number of nitrogens with zero attached hydrogens (tertiary/aromatic N) is 1. The van der Waals surface area contributed by atoms with Crippen LogP contribution in [-0.4, -0.2) is 28.8 Å². The number of carbonyl (C=O) groups excluding carboxylic acids is 2. The van der Waals surface area contributed by atoms with Gasteiger partial charge < -0.3 is 5.73 Å². The molecule has 0 unspecified atom stereocenters. The lowest BCUT2D eigenvalue weighted by Gasteiger charge is -2.40. The molecule has 0 radical (unpaired) electrons. The van der Waals surface area contributed by atoms with E-state index in [1.54, 1.807) is 0 Å². The summed E-state index contributed by atoms with van der Waals surface area (Å²) in [5, 5.41) is 2.37. The standard InChI is InChI=1S/C14H19N3O2/c1-9-10(5-4-6-11(9)15)7-17-8-12(18)16-13(19)14(17,2)3/h4-6H,7-8,15H2,1-3H3,(H,16,18,19).